The summed E-state index contributed by atoms with van der Waals surface area (Å²) in [6, 6.07) is 72.3. The molecule has 58 heavy (non-hydrogen) atoms. The Balaban J connectivity index is 1.24. The van der Waals surface area contributed by atoms with E-state index in [1.807, 2.05) is 0 Å². The van der Waals surface area contributed by atoms with Crippen molar-refractivity contribution in [3.63, 3.8) is 0 Å². The topological polar surface area (TPSA) is 15.3 Å². The molecule has 0 aromatic heterocycles. The molecule has 9 aromatic carbocycles. The highest BCUT2D eigenvalue weighted by Gasteiger charge is 2.33. The Kier molecular flexibility index (Phi) is 9.21. The van der Waals surface area contributed by atoms with E-state index >= 15 is 0 Å². The summed E-state index contributed by atoms with van der Waals surface area (Å²) in [5.74, 6) is 0. The van der Waals surface area contributed by atoms with Crippen molar-refractivity contribution in [3.8, 4) is 22.3 Å². The number of benzene rings is 9. The molecule has 1 heterocycles. The van der Waals surface area contributed by atoms with Crippen LogP contribution >= 0.6 is 0 Å². The summed E-state index contributed by atoms with van der Waals surface area (Å²) < 4.78 is 0. The minimum absolute atomic E-state index is 0.189. The van der Waals surface area contributed by atoms with Gasteiger partial charge in [0.2, 0.25) is 0 Å². The summed E-state index contributed by atoms with van der Waals surface area (Å²) in [7, 11) is 0. The van der Waals surface area contributed by atoms with Crippen LogP contribution in [0.5, 0.6) is 0 Å². The molecule has 0 spiro atoms. The fraction of sp³-hybridized carbons (Fsp3) is 0.0357. The lowest BCUT2D eigenvalue weighted by Gasteiger charge is -2.28. The number of nitrogens with zero attached hydrogens (tertiary/aromatic N) is 1. The number of allylic oxidation sites excluding steroid dienone is 1. The van der Waals surface area contributed by atoms with Gasteiger partial charge in [-0.1, -0.05) is 194 Å². The van der Waals surface area contributed by atoms with E-state index in [2.05, 4.69) is 242 Å². The van der Waals surface area contributed by atoms with Gasteiger partial charge in [-0.25, -0.2) is 0 Å². The fourth-order valence-electron chi connectivity index (χ4n) is 8.75. The lowest BCUT2D eigenvalue weighted by atomic mass is 9.82. The molecule has 1 N–H and O–H groups in total. The average molecular weight is 743 g/mol. The predicted octanol–water partition coefficient (Wildman–Crippen LogP) is 14.5. The van der Waals surface area contributed by atoms with E-state index in [9.17, 15) is 0 Å². The Morgan fingerprint density at radius 1 is 0.431 bits per heavy atom. The second-order valence-electron chi connectivity index (χ2n) is 14.9. The zero-order chi connectivity index (χ0) is 38.8. The normalized spacial score (nSPS) is 14.4. The minimum atomic E-state index is -0.189. The second kappa shape index (κ2) is 15.3. The zero-order valence-corrected chi connectivity index (χ0v) is 32.4. The van der Waals surface area contributed by atoms with Gasteiger partial charge in [-0.2, -0.15) is 0 Å². The van der Waals surface area contributed by atoms with Crippen molar-refractivity contribution in [1.29, 1.82) is 0 Å². The molecule has 1 aliphatic rings. The van der Waals surface area contributed by atoms with Gasteiger partial charge in [0.05, 0.1) is 11.4 Å². The molecular weight excluding hydrogens is 701 g/mol. The summed E-state index contributed by atoms with van der Waals surface area (Å²) in [5, 5.41) is 11.4. The molecule has 1 aliphatic heterocycles. The maximum absolute atomic E-state index is 4.01. The van der Waals surface area contributed by atoms with Gasteiger partial charge < -0.3 is 10.2 Å². The fourth-order valence-corrected chi connectivity index (χ4v) is 8.75. The average Bonchev–Trinajstić information content (AvgIpc) is 3.68. The van der Waals surface area contributed by atoms with Gasteiger partial charge in [0.1, 0.15) is 6.17 Å². The third-order valence-corrected chi connectivity index (χ3v) is 11.3. The van der Waals surface area contributed by atoms with Crippen LogP contribution in [0.25, 0.3) is 78.1 Å². The number of fused-ring (bicyclic) bond motifs is 3. The number of anilines is 1. The van der Waals surface area contributed by atoms with E-state index in [1.165, 1.54) is 65.7 Å². The van der Waals surface area contributed by atoms with E-state index in [0.29, 0.717) is 0 Å². The summed E-state index contributed by atoms with van der Waals surface area (Å²) in [5.41, 5.74) is 12.9. The van der Waals surface area contributed by atoms with Crippen LogP contribution in [0.3, 0.4) is 0 Å². The SMILES string of the molecule is C/C=C\c1c(/C=C/C2NC(c3ccccc3)=C(c3ccccc3)N2c2ccccc2)c(-c2ccc3ccccc3c2)c2ccccc2c1-c1ccc2ccccc2c1. The van der Waals surface area contributed by atoms with Gasteiger partial charge in [-0.05, 0) is 109 Å². The van der Waals surface area contributed by atoms with E-state index in [0.717, 1.165) is 28.2 Å². The predicted molar refractivity (Wildman–Crippen MR) is 249 cm³/mol. The number of nitrogens with one attached hydrogen (secondary N) is 1. The molecular formula is C56H42N2. The van der Waals surface area contributed by atoms with Gasteiger partial charge in [0.15, 0.2) is 0 Å². The van der Waals surface area contributed by atoms with E-state index < -0.39 is 0 Å². The van der Waals surface area contributed by atoms with Crippen LogP contribution in [0.4, 0.5) is 5.69 Å². The molecule has 9 aromatic rings. The molecule has 0 radical (unpaired) electrons. The van der Waals surface area contributed by atoms with E-state index in [-0.39, 0.29) is 6.17 Å². The lowest BCUT2D eigenvalue weighted by molar-refractivity contribution is 0.765. The highest BCUT2D eigenvalue weighted by Crippen LogP contribution is 2.45. The van der Waals surface area contributed by atoms with Crippen molar-refractivity contribution in [2.24, 2.45) is 0 Å². The largest absolute Gasteiger partial charge is 0.359 e. The van der Waals surface area contributed by atoms with E-state index in [4.69, 9.17) is 0 Å². The Hall–Kier alpha value is -7.42. The maximum Gasteiger partial charge on any atom is 0.123 e. The highest BCUT2D eigenvalue weighted by atomic mass is 15.3. The maximum atomic E-state index is 4.01. The Bertz CT molecular complexity index is 3030. The van der Waals surface area contributed by atoms with Crippen LogP contribution in [0.15, 0.2) is 212 Å². The van der Waals surface area contributed by atoms with Crippen molar-refractivity contribution in [2.75, 3.05) is 4.90 Å². The molecule has 0 aliphatic carbocycles. The van der Waals surface area contributed by atoms with Crippen molar-refractivity contribution in [2.45, 2.75) is 13.1 Å². The van der Waals surface area contributed by atoms with Gasteiger partial charge in [-0.15, -0.1) is 0 Å². The van der Waals surface area contributed by atoms with Gasteiger partial charge >= 0.3 is 0 Å². The number of hydrogen-bond acceptors (Lipinski definition) is 2. The molecule has 0 saturated heterocycles. The van der Waals surface area contributed by atoms with Crippen molar-refractivity contribution in [3.05, 3.63) is 235 Å². The lowest BCUT2D eigenvalue weighted by Crippen LogP contribution is -2.35. The van der Waals surface area contributed by atoms with Crippen LogP contribution in [0.2, 0.25) is 0 Å². The molecule has 10 rings (SSSR count). The monoisotopic (exact) mass is 742 g/mol. The molecule has 0 bridgehead atoms. The Morgan fingerprint density at radius 3 is 1.45 bits per heavy atom. The van der Waals surface area contributed by atoms with Crippen molar-refractivity contribution < 1.29 is 0 Å². The molecule has 2 nitrogen and oxygen atoms in total. The smallest absolute Gasteiger partial charge is 0.123 e. The second-order valence-corrected chi connectivity index (χ2v) is 14.9. The van der Waals surface area contributed by atoms with Crippen LogP contribution < -0.4 is 10.2 Å². The van der Waals surface area contributed by atoms with Crippen LogP contribution in [-0.4, -0.2) is 6.17 Å². The third-order valence-electron chi connectivity index (χ3n) is 11.3. The molecule has 0 amide bonds. The number of para-hydroxylation sites is 1. The molecule has 0 fully saturated rings. The summed E-state index contributed by atoms with van der Waals surface area (Å²) in [6.07, 6.45) is 9.04. The van der Waals surface area contributed by atoms with Crippen LogP contribution in [-0.2, 0) is 0 Å². The van der Waals surface area contributed by atoms with Crippen molar-refractivity contribution >= 4 is 61.6 Å². The Labute approximate surface area is 340 Å². The summed E-state index contributed by atoms with van der Waals surface area (Å²) >= 11 is 0. The first kappa shape index (κ1) is 35.0. The standard InChI is InChI=1S/C56H42N2/c1-2-18-48-51(35-36-52-57-55(41-21-6-3-7-22-41)56(42-23-8-4-9-24-42)58(52)47-27-10-5-11-28-47)54(46-34-32-40-20-13-15-26-44(40)38-46)50-30-17-16-29-49(50)53(48)45-33-31-39-19-12-14-25-43(39)37-45/h2-38,52,57H,1H3/b18-2-,36-35+. The van der Waals surface area contributed by atoms with E-state index in [1.54, 1.807) is 0 Å². The van der Waals surface area contributed by atoms with Crippen molar-refractivity contribution in [1.82, 2.24) is 5.32 Å². The van der Waals surface area contributed by atoms with Crippen LogP contribution in [0.1, 0.15) is 29.2 Å². The zero-order valence-electron chi connectivity index (χ0n) is 32.4. The first-order chi connectivity index (χ1) is 28.7. The van der Waals surface area contributed by atoms with Gasteiger partial charge in [-0.3, -0.25) is 0 Å². The molecule has 1 unspecified atom stereocenters. The minimum Gasteiger partial charge on any atom is -0.359 e. The highest BCUT2D eigenvalue weighted by molar-refractivity contribution is 6.13. The summed E-state index contributed by atoms with van der Waals surface area (Å²) in [4.78, 5) is 2.45. The van der Waals surface area contributed by atoms with Crippen LogP contribution in [0, 0.1) is 0 Å². The first-order valence-electron chi connectivity index (χ1n) is 20.1. The molecule has 2 heteroatoms. The van der Waals surface area contributed by atoms with Gasteiger partial charge in [0, 0.05) is 11.3 Å². The molecule has 1 atom stereocenters. The Morgan fingerprint density at radius 2 is 0.897 bits per heavy atom. The molecule has 276 valence electrons. The quantitative estimate of drug-likeness (QED) is 0.167. The molecule has 0 saturated carbocycles. The summed E-state index contributed by atoms with van der Waals surface area (Å²) in [6.45, 7) is 2.13. The first-order valence-corrected chi connectivity index (χ1v) is 20.1. The number of hydrogen-bond donors (Lipinski definition) is 1. The van der Waals surface area contributed by atoms with Gasteiger partial charge in [0.25, 0.3) is 0 Å². The third kappa shape index (κ3) is 6.35. The number of rotatable bonds is 8.